The van der Waals surface area contributed by atoms with Crippen LogP contribution in [0, 0.1) is 0 Å². The van der Waals surface area contributed by atoms with Crippen LogP contribution in [0.15, 0.2) is 0 Å². The number of unbranched alkanes of at least 4 members (excludes halogenated alkanes) is 28. The molecule has 3 nitrogen and oxygen atoms in total. The summed E-state index contributed by atoms with van der Waals surface area (Å²) in [5.41, 5.74) is 0. The third-order valence-electron chi connectivity index (χ3n) is 8.20. The molecule has 0 N–H and O–H groups in total. The van der Waals surface area contributed by atoms with Crippen molar-refractivity contribution >= 4 is 60.8 Å². The Morgan fingerprint density at radius 1 is 0.325 bits per heavy atom. The summed E-state index contributed by atoms with van der Waals surface area (Å²) < 4.78 is 5.01. The van der Waals surface area contributed by atoms with Gasteiger partial charge in [-0.05, 0) is 12.8 Å². The summed E-state index contributed by atoms with van der Waals surface area (Å²) in [6.45, 7) is 4.55. The van der Waals surface area contributed by atoms with Crippen molar-refractivity contribution in [2.75, 3.05) is 0 Å². The van der Waals surface area contributed by atoms with E-state index in [0.717, 1.165) is 25.7 Å². The molecule has 0 fully saturated rings. The summed E-state index contributed by atoms with van der Waals surface area (Å²) in [7, 11) is 0. The van der Waals surface area contributed by atoms with Gasteiger partial charge >= 0.3 is 60.8 Å². The summed E-state index contributed by atoms with van der Waals surface area (Å²) in [5, 5.41) is 0. The summed E-state index contributed by atoms with van der Waals surface area (Å²) in [6, 6.07) is 0. The average molecular weight is 690 g/mol. The van der Waals surface area contributed by atoms with Gasteiger partial charge in [-0.1, -0.05) is 194 Å². The van der Waals surface area contributed by atoms with E-state index in [-0.39, 0.29) is 60.8 Å². The molecule has 4 heteroatoms. The van der Waals surface area contributed by atoms with E-state index in [9.17, 15) is 9.59 Å². The van der Waals surface area contributed by atoms with Gasteiger partial charge in [0.05, 0.1) is 0 Å². The Morgan fingerprint density at radius 3 is 0.700 bits per heavy atom. The molecule has 0 spiro atoms. The molecule has 0 radical (unpaired) electrons. The number of hydrogen-bond acceptors (Lipinski definition) is 3. The first-order valence-electron chi connectivity index (χ1n) is 17.9. The quantitative estimate of drug-likeness (QED) is 0.0306. The summed E-state index contributed by atoms with van der Waals surface area (Å²) in [4.78, 5) is 23.8. The number of rotatable bonds is 32. The molecule has 0 saturated heterocycles. The molecule has 40 heavy (non-hydrogen) atoms. The van der Waals surface area contributed by atoms with Gasteiger partial charge in [-0.25, -0.2) is 0 Å². The van der Waals surface area contributed by atoms with Crippen LogP contribution in [0.4, 0.5) is 0 Å². The standard InChI is InChI=1S/C36H70O3.Ba.2H/c1-3-5-7-9-11-13-15-17-19-21-23-25-27-29-31-33-35(37)39-36(38)34-32-30-28-26-24-22-20-18-16-14-12-10-8-6-4-2;;;/h3-34H2,1-2H3;;;. The minimum atomic E-state index is -0.323. The number of hydrogen-bond donors (Lipinski definition) is 0. The van der Waals surface area contributed by atoms with Gasteiger partial charge in [0.25, 0.3) is 0 Å². The molecular formula is C36H72BaO3. The number of ether oxygens (including phenoxy) is 1. The monoisotopic (exact) mass is 690 g/mol. The predicted molar refractivity (Wildman–Crippen MR) is 179 cm³/mol. The predicted octanol–water partition coefficient (Wildman–Crippen LogP) is 11.7. The maximum atomic E-state index is 11.9. The SMILES string of the molecule is CCCCCCCCCCCCCCCCCC(=O)OC(=O)CCCCCCCCCCCCCCCCC.[BaH2]. The first-order valence-corrected chi connectivity index (χ1v) is 17.9. The molecule has 0 bridgehead atoms. The van der Waals surface area contributed by atoms with Crippen molar-refractivity contribution < 1.29 is 14.3 Å². The van der Waals surface area contributed by atoms with Crippen LogP contribution < -0.4 is 0 Å². The van der Waals surface area contributed by atoms with Crippen LogP contribution in [0.5, 0.6) is 0 Å². The van der Waals surface area contributed by atoms with Gasteiger partial charge in [-0.2, -0.15) is 0 Å². The average Bonchev–Trinajstić information content (AvgIpc) is 2.93. The molecule has 0 aliphatic heterocycles. The van der Waals surface area contributed by atoms with Crippen LogP contribution in [0.2, 0.25) is 0 Å². The zero-order valence-electron chi connectivity index (χ0n) is 26.9. The third kappa shape index (κ3) is 36.7. The van der Waals surface area contributed by atoms with Crippen molar-refractivity contribution in [3.05, 3.63) is 0 Å². The molecule has 236 valence electrons. The second-order valence-corrected chi connectivity index (χ2v) is 12.2. The van der Waals surface area contributed by atoms with Crippen molar-refractivity contribution in [1.82, 2.24) is 0 Å². The summed E-state index contributed by atoms with van der Waals surface area (Å²) >= 11 is 0. The van der Waals surface area contributed by atoms with Crippen LogP contribution >= 0.6 is 0 Å². The summed E-state index contributed by atoms with van der Waals surface area (Å²) in [5.74, 6) is -0.647. The van der Waals surface area contributed by atoms with Gasteiger partial charge in [0.2, 0.25) is 0 Å². The second-order valence-electron chi connectivity index (χ2n) is 12.2. The zero-order chi connectivity index (χ0) is 28.5. The van der Waals surface area contributed by atoms with E-state index < -0.39 is 0 Å². The van der Waals surface area contributed by atoms with E-state index in [1.807, 2.05) is 0 Å². The normalized spacial score (nSPS) is 10.9. The Bertz CT molecular complexity index is 464. The van der Waals surface area contributed by atoms with Gasteiger partial charge in [0.1, 0.15) is 0 Å². The molecule has 0 aliphatic rings. The Labute approximate surface area is 292 Å². The first-order chi connectivity index (χ1) is 19.2. The first kappa shape index (κ1) is 42.8. The van der Waals surface area contributed by atoms with Gasteiger partial charge in [0.15, 0.2) is 0 Å². The fourth-order valence-corrected chi connectivity index (χ4v) is 5.51. The third-order valence-corrected chi connectivity index (χ3v) is 8.20. The van der Waals surface area contributed by atoms with Crippen LogP contribution in [0.3, 0.4) is 0 Å². The van der Waals surface area contributed by atoms with E-state index in [2.05, 4.69) is 13.8 Å². The molecule has 0 aliphatic carbocycles. The topological polar surface area (TPSA) is 43.4 Å². The Hall–Kier alpha value is 0.711. The minimum absolute atomic E-state index is 0. The van der Waals surface area contributed by atoms with Gasteiger partial charge in [0, 0.05) is 12.8 Å². The molecule has 0 unspecified atom stereocenters. The van der Waals surface area contributed by atoms with Crippen LogP contribution in [-0.4, -0.2) is 60.8 Å². The molecule has 0 rings (SSSR count). The Balaban J connectivity index is 0. The van der Waals surface area contributed by atoms with Gasteiger partial charge < -0.3 is 4.74 Å². The zero-order valence-corrected chi connectivity index (χ0v) is 26.9. The van der Waals surface area contributed by atoms with E-state index in [4.69, 9.17) is 4.74 Å². The second kappa shape index (κ2) is 37.7. The Kier molecular flexibility index (Phi) is 40.4. The van der Waals surface area contributed by atoms with E-state index in [1.165, 1.54) is 167 Å². The number of carbonyl (C=O) groups excluding carboxylic acids is 2. The van der Waals surface area contributed by atoms with Crippen LogP contribution in [-0.2, 0) is 14.3 Å². The maximum absolute atomic E-state index is 11.9. The molecule has 0 amide bonds. The van der Waals surface area contributed by atoms with Crippen molar-refractivity contribution in [3.8, 4) is 0 Å². The molecule has 0 saturated carbocycles. The van der Waals surface area contributed by atoms with E-state index in [1.54, 1.807) is 0 Å². The molecule has 0 aromatic heterocycles. The number of esters is 2. The molecular weight excluding hydrogens is 618 g/mol. The molecule has 0 aromatic rings. The number of carbonyl (C=O) groups is 2. The molecule has 0 aromatic carbocycles. The molecule has 0 atom stereocenters. The van der Waals surface area contributed by atoms with Crippen molar-refractivity contribution in [3.63, 3.8) is 0 Å². The van der Waals surface area contributed by atoms with Crippen LogP contribution in [0.1, 0.15) is 219 Å². The fourth-order valence-electron chi connectivity index (χ4n) is 5.51. The van der Waals surface area contributed by atoms with E-state index in [0.29, 0.717) is 12.8 Å². The van der Waals surface area contributed by atoms with Crippen molar-refractivity contribution in [2.24, 2.45) is 0 Å². The fraction of sp³-hybridized carbons (Fsp3) is 0.944. The van der Waals surface area contributed by atoms with E-state index >= 15 is 0 Å². The molecule has 0 heterocycles. The van der Waals surface area contributed by atoms with Gasteiger partial charge in [-0.15, -0.1) is 0 Å². The van der Waals surface area contributed by atoms with Crippen LogP contribution in [0.25, 0.3) is 0 Å². The van der Waals surface area contributed by atoms with Crippen molar-refractivity contribution in [2.45, 2.75) is 219 Å². The van der Waals surface area contributed by atoms with Crippen molar-refractivity contribution in [1.29, 1.82) is 0 Å². The van der Waals surface area contributed by atoms with Gasteiger partial charge in [-0.3, -0.25) is 9.59 Å². The Morgan fingerprint density at radius 2 is 0.500 bits per heavy atom. The summed E-state index contributed by atoms with van der Waals surface area (Å²) in [6.07, 6.45) is 40.1.